The van der Waals surface area contributed by atoms with Crippen molar-refractivity contribution >= 4 is 5.91 Å². The first-order valence-electron chi connectivity index (χ1n) is 6.44. The average molecular weight is 252 g/mol. The van der Waals surface area contributed by atoms with Gasteiger partial charge in [-0.25, -0.2) is 9.67 Å². The quantitative estimate of drug-likeness (QED) is 0.876. The van der Waals surface area contributed by atoms with Crippen LogP contribution in [0.4, 0.5) is 0 Å². The molecule has 1 amide bonds. The first-order valence-corrected chi connectivity index (χ1v) is 6.44. The highest BCUT2D eigenvalue weighted by molar-refractivity contribution is 5.88. The zero-order valence-corrected chi connectivity index (χ0v) is 11.0. The molecule has 2 N–H and O–H groups in total. The van der Waals surface area contributed by atoms with Gasteiger partial charge in [0.1, 0.15) is 6.33 Å². The summed E-state index contributed by atoms with van der Waals surface area (Å²) in [5.41, 5.74) is 5.16. The molecule has 4 atom stereocenters. The van der Waals surface area contributed by atoms with Gasteiger partial charge >= 0.3 is 0 Å². The Kier molecular flexibility index (Phi) is 3.65. The second-order valence-electron chi connectivity index (χ2n) is 4.82. The largest absolute Gasteiger partial charge is 0.363 e. The summed E-state index contributed by atoms with van der Waals surface area (Å²) in [5.74, 6) is 0.296. The number of carbonyl (C=O) groups is 1. The van der Waals surface area contributed by atoms with Gasteiger partial charge in [0.2, 0.25) is 5.82 Å². The molecule has 1 aliphatic heterocycles. The number of nitrogens with two attached hydrogens (primary N) is 1. The van der Waals surface area contributed by atoms with Gasteiger partial charge in [0, 0.05) is 5.92 Å². The molecule has 1 aliphatic rings. The summed E-state index contributed by atoms with van der Waals surface area (Å²) < 4.78 is 7.64. The summed E-state index contributed by atoms with van der Waals surface area (Å²) in [6, 6.07) is 0. The van der Waals surface area contributed by atoms with Gasteiger partial charge in [-0.15, -0.1) is 5.10 Å². The molecule has 4 unspecified atom stereocenters. The first kappa shape index (κ1) is 13.0. The molecular formula is C12H20N4O2. The highest BCUT2D eigenvalue weighted by Gasteiger charge is 2.41. The zero-order chi connectivity index (χ0) is 13.3. The molecule has 0 spiro atoms. The van der Waals surface area contributed by atoms with Gasteiger partial charge in [0.05, 0.1) is 6.10 Å². The number of hydrogen-bond donors (Lipinski definition) is 1. The molecule has 2 heterocycles. The molecule has 0 aliphatic carbocycles. The van der Waals surface area contributed by atoms with Gasteiger partial charge in [0.25, 0.3) is 5.91 Å². The van der Waals surface area contributed by atoms with Gasteiger partial charge in [-0.2, -0.15) is 0 Å². The van der Waals surface area contributed by atoms with Crippen molar-refractivity contribution in [1.82, 2.24) is 14.8 Å². The molecule has 1 fully saturated rings. The Hall–Kier alpha value is -1.43. The molecule has 1 aromatic heterocycles. The minimum Gasteiger partial charge on any atom is -0.363 e. The predicted molar refractivity (Wildman–Crippen MR) is 65.7 cm³/mol. The van der Waals surface area contributed by atoms with Crippen LogP contribution in [-0.2, 0) is 4.74 Å². The van der Waals surface area contributed by atoms with Crippen LogP contribution in [0.25, 0.3) is 0 Å². The highest BCUT2D eigenvalue weighted by Crippen LogP contribution is 2.41. The molecule has 2 rings (SSSR count). The second-order valence-corrected chi connectivity index (χ2v) is 4.82. The van der Waals surface area contributed by atoms with Crippen LogP contribution in [0.3, 0.4) is 0 Å². The standard InChI is InChI=1S/C12H20N4O2/c1-4-8-7(3)9(5-2)18-12(8)16-6-14-11(15-16)10(13)17/h6-9,12H,4-5H2,1-3H3,(H2,13,17). The number of hydrogen-bond acceptors (Lipinski definition) is 4. The lowest BCUT2D eigenvalue weighted by Gasteiger charge is -2.18. The van der Waals surface area contributed by atoms with Crippen molar-refractivity contribution in [1.29, 1.82) is 0 Å². The zero-order valence-electron chi connectivity index (χ0n) is 11.0. The summed E-state index contributed by atoms with van der Waals surface area (Å²) in [6.45, 7) is 6.46. The topological polar surface area (TPSA) is 83.0 Å². The summed E-state index contributed by atoms with van der Waals surface area (Å²) >= 11 is 0. The molecular weight excluding hydrogens is 232 g/mol. The van der Waals surface area contributed by atoms with E-state index in [0.29, 0.717) is 11.8 Å². The van der Waals surface area contributed by atoms with Crippen LogP contribution in [0.2, 0.25) is 0 Å². The molecule has 18 heavy (non-hydrogen) atoms. The molecule has 0 saturated carbocycles. The predicted octanol–water partition coefficient (Wildman–Crippen LogP) is 1.35. The van der Waals surface area contributed by atoms with E-state index in [0.717, 1.165) is 12.8 Å². The number of carbonyl (C=O) groups excluding carboxylic acids is 1. The number of amides is 1. The fourth-order valence-electron chi connectivity index (χ4n) is 2.75. The number of primary amides is 1. The molecule has 0 aromatic carbocycles. The SMILES string of the molecule is CCC1OC(n2cnc(C(N)=O)n2)C(CC)C1C. The lowest BCUT2D eigenvalue weighted by atomic mass is 9.88. The molecule has 1 saturated heterocycles. The Bertz CT molecular complexity index is 431. The molecule has 1 aromatic rings. The van der Waals surface area contributed by atoms with Crippen LogP contribution in [0.5, 0.6) is 0 Å². The van der Waals surface area contributed by atoms with Gasteiger partial charge in [-0.1, -0.05) is 20.8 Å². The Morgan fingerprint density at radius 2 is 2.22 bits per heavy atom. The minimum atomic E-state index is -0.611. The van der Waals surface area contributed by atoms with E-state index in [-0.39, 0.29) is 18.2 Å². The van der Waals surface area contributed by atoms with Gasteiger partial charge in [-0.05, 0) is 18.8 Å². The van der Waals surface area contributed by atoms with Crippen molar-refractivity contribution in [3.63, 3.8) is 0 Å². The van der Waals surface area contributed by atoms with E-state index in [1.165, 1.54) is 6.33 Å². The van der Waals surface area contributed by atoms with Crippen LogP contribution in [0, 0.1) is 11.8 Å². The van der Waals surface area contributed by atoms with Crippen molar-refractivity contribution in [2.45, 2.75) is 45.9 Å². The molecule has 6 heteroatoms. The van der Waals surface area contributed by atoms with E-state index < -0.39 is 5.91 Å². The normalized spacial score (nSPS) is 31.7. The van der Waals surface area contributed by atoms with Crippen LogP contribution in [0.15, 0.2) is 6.33 Å². The van der Waals surface area contributed by atoms with Gasteiger partial charge < -0.3 is 10.5 Å². The Morgan fingerprint density at radius 3 is 2.72 bits per heavy atom. The fourth-order valence-corrected chi connectivity index (χ4v) is 2.75. The van der Waals surface area contributed by atoms with Crippen LogP contribution in [0.1, 0.15) is 50.5 Å². The Morgan fingerprint density at radius 1 is 1.50 bits per heavy atom. The van der Waals surface area contributed by atoms with Crippen molar-refractivity contribution in [2.24, 2.45) is 17.6 Å². The number of ether oxygens (including phenoxy) is 1. The summed E-state index contributed by atoms with van der Waals surface area (Å²) in [7, 11) is 0. The highest BCUT2D eigenvalue weighted by atomic mass is 16.5. The number of rotatable bonds is 4. The Balaban J connectivity index is 2.23. The van der Waals surface area contributed by atoms with E-state index in [2.05, 4.69) is 30.9 Å². The third kappa shape index (κ3) is 2.12. The third-order valence-electron chi connectivity index (χ3n) is 3.81. The molecule has 0 radical (unpaired) electrons. The van der Waals surface area contributed by atoms with Crippen molar-refractivity contribution in [2.75, 3.05) is 0 Å². The fraction of sp³-hybridized carbons (Fsp3) is 0.750. The van der Waals surface area contributed by atoms with Crippen LogP contribution < -0.4 is 5.73 Å². The van der Waals surface area contributed by atoms with E-state index in [4.69, 9.17) is 10.5 Å². The van der Waals surface area contributed by atoms with Crippen molar-refractivity contribution in [3.05, 3.63) is 12.2 Å². The second kappa shape index (κ2) is 5.06. The molecule has 0 bridgehead atoms. The van der Waals surface area contributed by atoms with Crippen molar-refractivity contribution < 1.29 is 9.53 Å². The maximum atomic E-state index is 11.0. The van der Waals surface area contributed by atoms with Crippen LogP contribution >= 0.6 is 0 Å². The lowest BCUT2D eigenvalue weighted by molar-refractivity contribution is -0.0239. The average Bonchev–Trinajstić information content (AvgIpc) is 2.93. The van der Waals surface area contributed by atoms with E-state index in [1.54, 1.807) is 4.68 Å². The van der Waals surface area contributed by atoms with E-state index >= 15 is 0 Å². The summed E-state index contributed by atoms with van der Waals surface area (Å²) in [4.78, 5) is 14.9. The molecule has 100 valence electrons. The van der Waals surface area contributed by atoms with Gasteiger partial charge in [0.15, 0.2) is 6.23 Å². The van der Waals surface area contributed by atoms with Crippen LogP contribution in [-0.4, -0.2) is 26.8 Å². The first-order chi connectivity index (χ1) is 8.58. The van der Waals surface area contributed by atoms with Gasteiger partial charge in [-0.3, -0.25) is 4.79 Å². The van der Waals surface area contributed by atoms with E-state index in [1.807, 2.05) is 0 Å². The minimum absolute atomic E-state index is 0.0426. The number of aromatic nitrogens is 3. The monoisotopic (exact) mass is 252 g/mol. The molecule has 6 nitrogen and oxygen atoms in total. The Labute approximate surface area is 107 Å². The smallest absolute Gasteiger partial charge is 0.288 e. The lowest BCUT2D eigenvalue weighted by Crippen LogP contribution is -2.20. The summed E-state index contributed by atoms with van der Waals surface area (Å²) in [6.07, 6.45) is 3.61. The maximum absolute atomic E-state index is 11.0. The number of nitrogens with zero attached hydrogens (tertiary/aromatic N) is 3. The third-order valence-corrected chi connectivity index (χ3v) is 3.81. The van der Waals surface area contributed by atoms with E-state index in [9.17, 15) is 4.79 Å². The maximum Gasteiger partial charge on any atom is 0.288 e. The van der Waals surface area contributed by atoms with Crippen molar-refractivity contribution in [3.8, 4) is 0 Å². The summed E-state index contributed by atoms with van der Waals surface area (Å²) in [5, 5.41) is 4.10.